The molecule has 2 N–H and O–H groups in total. The summed E-state index contributed by atoms with van der Waals surface area (Å²) in [6.45, 7) is 1.72. The lowest BCUT2D eigenvalue weighted by Gasteiger charge is -2.22. The Morgan fingerprint density at radius 1 is 1.11 bits per heavy atom. The number of furan rings is 2. The first-order valence-corrected chi connectivity index (χ1v) is 13.2. The first-order valence-electron chi connectivity index (χ1n) is 10.9. The largest absolute Gasteiger partial charge is 0.468 e. The van der Waals surface area contributed by atoms with Crippen LogP contribution < -0.4 is 16.3 Å². The molecule has 4 aromatic rings. The van der Waals surface area contributed by atoms with Crippen molar-refractivity contribution in [1.82, 2.24) is 4.57 Å². The summed E-state index contributed by atoms with van der Waals surface area (Å²) in [6, 6.07) is 14.1. The van der Waals surface area contributed by atoms with E-state index in [0.717, 1.165) is 16.3 Å². The minimum absolute atomic E-state index is 0.0228. The molecule has 1 aliphatic rings. The smallest absolute Gasteiger partial charge is 0.346 e. The Kier molecular flexibility index (Phi) is 6.10. The van der Waals surface area contributed by atoms with Gasteiger partial charge in [0.1, 0.15) is 21.7 Å². The highest BCUT2D eigenvalue weighted by atomic mass is 32.2. The zero-order valence-corrected chi connectivity index (χ0v) is 20.5. The van der Waals surface area contributed by atoms with Crippen molar-refractivity contribution in [3.63, 3.8) is 0 Å². The van der Waals surface area contributed by atoms with Gasteiger partial charge in [0.2, 0.25) is 9.84 Å². The van der Waals surface area contributed by atoms with E-state index in [4.69, 9.17) is 19.3 Å². The molecule has 5 rings (SSSR count). The van der Waals surface area contributed by atoms with Crippen molar-refractivity contribution in [2.24, 2.45) is 0 Å². The van der Waals surface area contributed by atoms with Crippen LogP contribution in [-0.2, 0) is 19.4 Å². The lowest BCUT2D eigenvalue weighted by molar-refractivity contribution is -0.135. The number of anilines is 1. The number of benzene rings is 1. The molecule has 1 unspecified atom stereocenters. The van der Waals surface area contributed by atoms with Gasteiger partial charge in [-0.25, -0.2) is 13.2 Å². The second kappa shape index (κ2) is 9.25. The van der Waals surface area contributed by atoms with Crippen molar-refractivity contribution >= 4 is 50.1 Å². The van der Waals surface area contributed by atoms with Crippen LogP contribution >= 0.6 is 11.8 Å². The van der Waals surface area contributed by atoms with E-state index >= 15 is 0 Å². The quantitative estimate of drug-likeness (QED) is 0.378. The number of carbonyl (C=O) groups excluding carboxylic acids is 2. The summed E-state index contributed by atoms with van der Waals surface area (Å²) in [6.07, 6.45) is 4.32. The third kappa shape index (κ3) is 3.86. The first-order chi connectivity index (χ1) is 17.3. The summed E-state index contributed by atoms with van der Waals surface area (Å²) in [7, 11) is -4.29. The molecule has 11 heteroatoms. The van der Waals surface area contributed by atoms with Crippen LogP contribution in [0, 0.1) is 0 Å². The number of hydrogen-bond acceptors (Lipinski definition) is 9. The van der Waals surface area contributed by atoms with Crippen LogP contribution in [0.4, 0.5) is 5.69 Å². The van der Waals surface area contributed by atoms with E-state index in [1.807, 2.05) is 0 Å². The lowest BCUT2D eigenvalue weighted by Crippen LogP contribution is -2.42. The zero-order valence-electron chi connectivity index (χ0n) is 18.9. The van der Waals surface area contributed by atoms with E-state index in [1.54, 1.807) is 49.4 Å². The Hall–Kier alpha value is -3.96. The number of nitrogen functional groups attached to an aromatic ring is 1. The van der Waals surface area contributed by atoms with E-state index in [-0.39, 0.29) is 38.4 Å². The zero-order chi connectivity index (χ0) is 25.4. The molecule has 184 valence electrons. The Bertz CT molecular complexity index is 1670. The molecule has 9 nitrogen and oxygen atoms in total. The molecule has 0 radical (unpaired) electrons. The maximum absolute atomic E-state index is 13.9. The van der Waals surface area contributed by atoms with E-state index in [0.29, 0.717) is 5.76 Å². The normalized spacial score (nSPS) is 16.2. The van der Waals surface area contributed by atoms with Crippen LogP contribution in [0.25, 0.3) is 11.0 Å². The molecule has 1 atom stereocenters. The molecule has 0 fully saturated rings. The average Bonchev–Trinajstić information content (AvgIpc) is 3.63. The maximum Gasteiger partial charge on any atom is 0.346 e. The van der Waals surface area contributed by atoms with Gasteiger partial charge in [0.15, 0.2) is 5.03 Å². The van der Waals surface area contributed by atoms with Gasteiger partial charge in [0, 0.05) is 5.22 Å². The number of nitrogens with two attached hydrogens (primary N) is 1. The number of ether oxygens (including phenoxy) is 1. The van der Waals surface area contributed by atoms with Gasteiger partial charge >= 0.3 is 5.97 Å². The molecule has 0 aliphatic carbocycles. The third-order valence-corrected chi connectivity index (χ3v) is 8.57. The van der Waals surface area contributed by atoms with Crippen LogP contribution in [0.2, 0.25) is 0 Å². The minimum atomic E-state index is -4.29. The van der Waals surface area contributed by atoms with Gasteiger partial charge in [-0.15, -0.1) is 0 Å². The number of sulfone groups is 1. The van der Waals surface area contributed by atoms with Crippen molar-refractivity contribution < 1.29 is 31.6 Å². The van der Waals surface area contributed by atoms with Crippen LogP contribution in [0.5, 0.6) is 0 Å². The summed E-state index contributed by atoms with van der Waals surface area (Å²) in [5.41, 5.74) is 6.27. The number of hydrogen-bond donors (Lipinski definition) is 1. The molecule has 0 bridgehead atoms. The molecular weight excluding hydrogens is 504 g/mol. The summed E-state index contributed by atoms with van der Waals surface area (Å²) in [5.74, 6) is -0.738. The van der Waals surface area contributed by atoms with Gasteiger partial charge in [0.25, 0.3) is 5.91 Å². The van der Waals surface area contributed by atoms with Crippen LogP contribution in [0.3, 0.4) is 0 Å². The molecule has 1 aromatic carbocycles. The van der Waals surface area contributed by atoms with E-state index in [9.17, 15) is 18.0 Å². The van der Waals surface area contributed by atoms with E-state index in [2.05, 4.69) is 0 Å². The van der Waals surface area contributed by atoms with Crippen molar-refractivity contribution in [3.8, 4) is 0 Å². The SMILES string of the molecule is CCOC(=O)C1=c2/c(=C/c3ccco3)c(N)c(S(=O)(=O)c3ccccc3)n2C(=O)C(c2ccco2)S1. The second-order valence-electron chi connectivity index (χ2n) is 7.69. The number of carbonyl (C=O) groups is 2. The number of esters is 1. The topological polar surface area (TPSA) is 135 Å². The van der Waals surface area contributed by atoms with Gasteiger partial charge < -0.3 is 19.3 Å². The van der Waals surface area contributed by atoms with Crippen molar-refractivity contribution in [1.29, 1.82) is 0 Å². The number of nitrogens with zero attached hydrogens (tertiary/aromatic N) is 1. The predicted molar refractivity (Wildman–Crippen MR) is 132 cm³/mol. The van der Waals surface area contributed by atoms with Gasteiger partial charge in [-0.3, -0.25) is 9.36 Å². The van der Waals surface area contributed by atoms with Gasteiger partial charge in [-0.1, -0.05) is 30.0 Å². The monoisotopic (exact) mass is 524 g/mol. The highest BCUT2D eigenvalue weighted by Gasteiger charge is 2.41. The van der Waals surface area contributed by atoms with Gasteiger partial charge in [-0.05, 0) is 49.4 Å². The standard InChI is InChI=1S/C25H20N2O7S2/c1-2-32-25(29)22-20-17(14-15-8-6-12-33-15)19(26)24(36(30,31)16-9-4-3-5-10-16)27(20)23(28)21(35-22)18-11-7-13-34-18/h3-14,21H,2,26H2,1H3/b17-14+. The van der Waals surface area contributed by atoms with E-state index < -0.39 is 32.0 Å². The molecule has 4 heterocycles. The Morgan fingerprint density at radius 2 is 1.83 bits per heavy atom. The molecule has 1 aliphatic heterocycles. The number of fused-ring (bicyclic) bond motifs is 1. The number of aromatic nitrogens is 1. The highest BCUT2D eigenvalue weighted by molar-refractivity contribution is 8.10. The minimum Gasteiger partial charge on any atom is -0.468 e. The molecule has 36 heavy (non-hydrogen) atoms. The summed E-state index contributed by atoms with van der Waals surface area (Å²) in [4.78, 5) is 27.0. The lowest BCUT2D eigenvalue weighted by atomic mass is 10.2. The molecule has 0 spiro atoms. The van der Waals surface area contributed by atoms with Crippen molar-refractivity contribution in [2.45, 2.75) is 22.1 Å². The summed E-state index contributed by atoms with van der Waals surface area (Å²) in [5, 5.41) is -1.30. The number of rotatable bonds is 6. The van der Waals surface area contributed by atoms with Crippen LogP contribution in [-0.4, -0.2) is 31.5 Å². The van der Waals surface area contributed by atoms with Crippen molar-refractivity contribution in [2.75, 3.05) is 12.3 Å². The van der Waals surface area contributed by atoms with Crippen molar-refractivity contribution in [3.05, 3.63) is 89.2 Å². The van der Waals surface area contributed by atoms with Gasteiger partial charge in [0.05, 0.1) is 35.1 Å². The summed E-state index contributed by atoms with van der Waals surface area (Å²) < 4.78 is 44.8. The number of thioether (sulfide) groups is 1. The fourth-order valence-electron chi connectivity index (χ4n) is 3.96. The fraction of sp³-hybridized carbons (Fsp3) is 0.120. The van der Waals surface area contributed by atoms with Crippen LogP contribution in [0.1, 0.15) is 28.5 Å². The second-order valence-corrected chi connectivity index (χ2v) is 10.7. The third-order valence-electron chi connectivity index (χ3n) is 5.50. The fourth-order valence-corrected chi connectivity index (χ4v) is 6.68. The highest BCUT2D eigenvalue weighted by Crippen LogP contribution is 2.40. The maximum atomic E-state index is 13.9. The molecule has 0 saturated heterocycles. The summed E-state index contributed by atoms with van der Waals surface area (Å²) >= 11 is 0.920. The first kappa shape index (κ1) is 23.8. The van der Waals surface area contributed by atoms with Crippen LogP contribution in [0.15, 0.2) is 85.9 Å². The predicted octanol–water partition coefficient (Wildman–Crippen LogP) is 2.72. The Morgan fingerprint density at radius 3 is 2.47 bits per heavy atom. The Balaban J connectivity index is 1.93. The van der Waals surface area contributed by atoms with Gasteiger partial charge in [-0.2, -0.15) is 0 Å². The Labute approximate surface area is 209 Å². The molecule has 0 amide bonds. The van der Waals surface area contributed by atoms with E-state index in [1.165, 1.54) is 30.7 Å². The average molecular weight is 525 g/mol. The molecule has 3 aromatic heterocycles. The molecule has 0 saturated carbocycles. The molecular formula is C25H20N2O7S2.